The number of hydrogen-bond donors (Lipinski definition) is 3. The van der Waals surface area contributed by atoms with E-state index in [1.807, 2.05) is 0 Å². The van der Waals surface area contributed by atoms with Crippen molar-refractivity contribution in [3.8, 4) is 0 Å². The second kappa shape index (κ2) is 10.3. The van der Waals surface area contributed by atoms with Crippen molar-refractivity contribution in [3.63, 3.8) is 0 Å². The molecule has 2 aromatic heterocycles. The maximum Gasteiger partial charge on any atom is 0.352 e. The van der Waals surface area contributed by atoms with Gasteiger partial charge in [-0.05, 0) is 12.5 Å². The number of carbonyl (C=O) groups excluding carboxylic acids is 2. The number of anilines is 1. The number of thiazole rings is 1. The third-order valence-electron chi connectivity index (χ3n) is 5.16. The van der Waals surface area contributed by atoms with E-state index in [9.17, 15) is 24.3 Å². The number of nitrogen functional groups attached to an aromatic ring is 1. The molecule has 1 saturated heterocycles. The van der Waals surface area contributed by atoms with Crippen LogP contribution in [0.5, 0.6) is 0 Å². The lowest BCUT2D eigenvalue weighted by atomic mass is 10.0. The topological polar surface area (TPSA) is 195 Å². The molecule has 17 heteroatoms. The molecule has 1 fully saturated rings. The minimum absolute atomic E-state index is 0.148. The van der Waals surface area contributed by atoms with Gasteiger partial charge in [-0.2, -0.15) is 10.1 Å². The molecule has 4 heterocycles. The maximum absolute atomic E-state index is 12.9. The number of fused-ring (bicyclic) bond motifs is 1. The number of amides is 2. The average molecular weight is 553 g/mol. The number of carboxylic acids is 1. The Bertz CT molecular complexity index is 1370. The Hall–Kier alpha value is -3.44. The first-order chi connectivity index (χ1) is 17.1. The first-order valence-electron chi connectivity index (χ1n) is 10.2. The van der Waals surface area contributed by atoms with E-state index in [0.29, 0.717) is 16.5 Å². The number of hydrogen-bond acceptors (Lipinski definition) is 13. The van der Waals surface area contributed by atoms with Gasteiger partial charge in [0.15, 0.2) is 16.0 Å². The highest BCUT2D eigenvalue weighted by molar-refractivity contribution is 8.01. The van der Waals surface area contributed by atoms with Gasteiger partial charge in [-0.1, -0.05) is 16.9 Å². The molecule has 2 aliphatic rings. The number of β-lactam (4-membered cyclic amide) rings is 1. The molecule has 190 valence electrons. The predicted octanol–water partition coefficient (Wildman–Crippen LogP) is -0.596. The molecule has 2 aliphatic heterocycles. The maximum atomic E-state index is 12.9. The average Bonchev–Trinajstić information content (AvgIpc) is 3.27. The van der Waals surface area contributed by atoms with Gasteiger partial charge >= 0.3 is 5.97 Å². The predicted molar refractivity (Wildman–Crippen MR) is 132 cm³/mol. The Morgan fingerprint density at radius 2 is 2.14 bits per heavy atom. The van der Waals surface area contributed by atoms with Crippen LogP contribution in [0, 0.1) is 6.92 Å². The molecule has 2 amide bonds. The van der Waals surface area contributed by atoms with Gasteiger partial charge in [0.1, 0.15) is 35.6 Å². The Kier molecular flexibility index (Phi) is 7.32. The molecule has 4 rings (SSSR count). The zero-order valence-corrected chi connectivity index (χ0v) is 21.6. The number of nitrogens with two attached hydrogens (primary N) is 1. The zero-order chi connectivity index (χ0) is 26.1. The van der Waals surface area contributed by atoms with E-state index in [1.165, 1.54) is 28.9 Å². The van der Waals surface area contributed by atoms with E-state index in [1.54, 1.807) is 14.0 Å². The van der Waals surface area contributed by atoms with Crippen LogP contribution in [0.3, 0.4) is 0 Å². The summed E-state index contributed by atoms with van der Waals surface area (Å²) in [5.41, 5.74) is 5.79. The molecule has 14 nitrogen and oxygen atoms in total. The van der Waals surface area contributed by atoms with Crippen LogP contribution in [-0.2, 0) is 26.3 Å². The summed E-state index contributed by atoms with van der Waals surface area (Å²) in [5.74, 6) is -2.07. The van der Waals surface area contributed by atoms with Crippen molar-refractivity contribution in [2.45, 2.75) is 23.5 Å². The third-order valence-corrected chi connectivity index (χ3v) is 8.28. The number of aromatic nitrogens is 4. The van der Waals surface area contributed by atoms with Crippen LogP contribution in [0.25, 0.3) is 0 Å². The number of aliphatic carboxylic acids is 1. The Balaban J connectivity index is 1.51. The van der Waals surface area contributed by atoms with Crippen LogP contribution >= 0.6 is 34.9 Å². The standard InChI is InChI=1S/C19H20N8O6S3/c1-7-13(28)23-19(26(2)24-7)36-5-8-4-34-16-11(15(30)27(16)12(8)17(31)32)22-14(29)10(25-33-3)9-6-35-18(20)21-9/h6,11,16H,4-5H2,1-3H3,(H2,20,21)(H,22,29)(H,31,32)/b25-10+/t11?,16-/m1/s1. The zero-order valence-electron chi connectivity index (χ0n) is 19.1. The first-order valence-corrected chi connectivity index (χ1v) is 13.1. The smallest absolute Gasteiger partial charge is 0.352 e. The number of aryl methyl sites for hydroxylation is 2. The molecular formula is C19H20N8O6S3. The van der Waals surface area contributed by atoms with Crippen LogP contribution in [0.1, 0.15) is 11.4 Å². The number of nitrogens with one attached hydrogen (secondary N) is 1. The number of carboxylic acid groups (broad SMARTS) is 1. The van der Waals surface area contributed by atoms with E-state index in [0.717, 1.165) is 28.0 Å². The molecule has 0 aromatic carbocycles. The highest BCUT2D eigenvalue weighted by atomic mass is 32.2. The number of carbonyl (C=O) groups is 3. The number of rotatable bonds is 8. The van der Waals surface area contributed by atoms with Crippen molar-refractivity contribution in [2.75, 3.05) is 24.3 Å². The van der Waals surface area contributed by atoms with Crippen LogP contribution < -0.4 is 16.6 Å². The van der Waals surface area contributed by atoms with Gasteiger partial charge in [0, 0.05) is 23.9 Å². The lowest BCUT2D eigenvalue weighted by molar-refractivity contribution is -0.150. The summed E-state index contributed by atoms with van der Waals surface area (Å²) in [4.78, 5) is 63.6. The van der Waals surface area contributed by atoms with E-state index in [-0.39, 0.29) is 33.7 Å². The minimum atomic E-state index is -1.27. The molecule has 0 saturated carbocycles. The van der Waals surface area contributed by atoms with E-state index >= 15 is 0 Å². The second-order valence-electron chi connectivity index (χ2n) is 7.51. The Labute approximate surface area is 216 Å². The molecular weight excluding hydrogens is 532 g/mol. The Morgan fingerprint density at radius 1 is 1.39 bits per heavy atom. The molecule has 0 spiro atoms. The van der Waals surface area contributed by atoms with Crippen molar-refractivity contribution in [1.29, 1.82) is 0 Å². The fourth-order valence-corrected chi connectivity index (χ4v) is 6.46. The summed E-state index contributed by atoms with van der Waals surface area (Å²) in [6, 6.07) is -0.965. The molecule has 2 atom stereocenters. The summed E-state index contributed by atoms with van der Waals surface area (Å²) < 4.78 is 1.44. The van der Waals surface area contributed by atoms with E-state index in [2.05, 4.69) is 25.5 Å². The number of thioether (sulfide) groups is 2. The third kappa shape index (κ3) is 4.80. The largest absolute Gasteiger partial charge is 0.477 e. The van der Waals surface area contributed by atoms with Crippen LogP contribution in [0.4, 0.5) is 5.13 Å². The van der Waals surface area contributed by atoms with Gasteiger partial charge in [-0.25, -0.2) is 14.5 Å². The van der Waals surface area contributed by atoms with Crippen LogP contribution in [0.15, 0.2) is 31.8 Å². The minimum Gasteiger partial charge on any atom is -0.477 e. The monoisotopic (exact) mass is 552 g/mol. The van der Waals surface area contributed by atoms with Crippen LogP contribution in [-0.4, -0.2) is 83.3 Å². The highest BCUT2D eigenvalue weighted by Crippen LogP contribution is 2.41. The fourth-order valence-electron chi connectivity index (χ4n) is 3.52. The van der Waals surface area contributed by atoms with Crippen molar-refractivity contribution in [1.82, 2.24) is 30.0 Å². The van der Waals surface area contributed by atoms with Gasteiger partial charge < -0.3 is 21.0 Å². The van der Waals surface area contributed by atoms with Gasteiger partial charge in [0.2, 0.25) is 0 Å². The fraction of sp³-hybridized carbons (Fsp3) is 0.368. The van der Waals surface area contributed by atoms with Gasteiger partial charge in [0.25, 0.3) is 17.4 Å². The van der Waals surface area contributed by atoms with Crippen molar-refractivity contribution >= 4 is 63.5 Å². The summed E-state index contributed by atoms with van der Waals surface area (Å²) in [7, 11) is 2.90. The van der Waals surface area contributed by atoms with Gasteiger partial charge in [-0.15, -0.1) is 23.1 Å². The molecule has 2 aromatic rings. The summed E-state index contributed by atoms with van der Waals surface area (Å²) in [6.07, 6.45) is 0. The van der Waals surface area contributed by atoms with E-state index in [4.69, 9.17) is 10.6 Å². The van der Waals surface area contributed by atoms with Gasteiger partial charge in [-0.3, -0.25) is 19.3 Å². The summed E-state index contributed by atoms with van der Waals surface area (Å²) >= 11 is 3.57. The van der Waals surface area contributed by atoms with Crippen molar-refractivity contribution < 1.29 is 24.3 Å². The SMILES string of the molecule is CO/N=C(/C(=O)NC1C(=O)N2C(C(=O)O)=C(CSc3nc(=O)c(C)nn3C)CS[C@H]12)c1csc(N)n1. The van der Waals surface area contributed by atoms with Gasteiger partial charge in [0.05, 0.1) is 0 Å². The molecule has 0 aliphatic carbocycles. The van der Waals surface area contributed by atoms with Crippen molar-refractivity contribution in [2.24, 2.45) is 12.2 Å². The molecule has 0 bridgehead atoms. The lowest BCUT2D eigenvalue weighted by Gasteiger charge is -2.49. The van der Waals surface area contributed by atoms with Crippen molar-refractivity contribution in [3.05, 3.63) is 38.4 Å². The highest BCUT2D eigenvalue weighted by Gasteiger charge is 2.54. The summed E-state index contributed by atoms with van der Waals surface area (Å²) in [6.45, 7) is 1.55. The molecule has 36 heavy (non-hydrogen) atoms. The van der Waals surface area contributed by atoms with Crippen LogP contribution in [0.2, 0.25) is 0 Å². The molecule has 0 radical (unpaired) electrons. The lowest BCUT2D eigenvalue weighted by Crippen LogP contribution is -2.71. The quantitative estimate of drug-likeness (QED) is 0.163. The number of nitrogens with zero attached hydrogens (tertiary/aromatic N) is 6. The first kappa shape index (κ1) is 25.6. The number of oxime groups is 1. The molecule has 4 N–H and O–H groups in total. The second-order valence-corrected chi connectivity index (χ2v) is 10.4. The summed E-state index contributed by atoms with van der Waals surface area (Å²) in [5, 5.41) is 21.7. The van der Waals surface area contributed by atoms with E-state index < -0.39 is 34.8 Å². The Morgan fingerprint density at radius 3 is 2.78 bits per heavy atom. The normalized spacial score (nSPS) is 19.6. The molecule has 1 unspecified atom stereocenters.